The molecular formula is C22H17F3N4O2. The third kappa shape index (κ3) is 3.70. The van der Waals surface area contributed by atoms with Crippen LogP contribution in [-0.4, -0.2) is 20.5 Å². The number of aromatic amines is 1. The van der Waals surface area contributed by atoms with Crippen molar-refractivity contribution in [1.82, 2.24) is 14.6 Å². The van der Waals surface area contributed by atoms with Crippen molar-refractivity contribution in [2.45, 2.75) is 20.0 Å². The van der Waals surface area contributed by atoms with E-state index in [0.717, 1.165) is 5.56 Å². The SMILES string of the molecule is Cc1ccc(NC(=O)c2c(C)nc3c(-c4ccccc4)c(C(F)(F)F)[nH]n3c2=O)cc1. The summed E-state index contributed by atoms with van der Waals surface area (Å²) in [5.74, 6) is -0.752. The Hall–Kier alpha value is -3.88. The zero-order chi connectivity index (χ0) is 22.3. The summed E-state index contributed by atoms with van der Waals surface area (Å²) in [7, 11) is 0. The highest BCUT2D eigenvalue weighted by atomic mass is 19.4. The Morgan fingerprint density at radius 1 is 1.03 bits per heavy atom. The molecule has 2 aromatic carbocycles. The summed E-state index contributed by atoms with van der Waals surface area (Å²) in [4.78, 5) is 30.0. The van der Waals surface area contributed by atoms with Crippen molar-refractivity contribution in [3.8, 4) is 11.1 Å². The van der Waals surface area contributed by atoms with Gasteiger partial charge in [-0.2, -0.15) is 17.7 Å². The molecule has 0 saturated heterocycles. The van der Waals surface area contributed by atoms with E-state index in [0.29, 0.717) is 10.2 Å². The lowest BCUT2D eigenvalue weighted by atomic mass is 10.1. The average molecular weight is 426 g/mol. The Morgan fingerprint density at radius 3 is 2.29 bits per heavy atom. The van der Waals surface area contributed by atoms with Gasteiger partial charge in [-0.3, -0.25) is 14.7 Å². The first-order chi connectivity index (χ1) is 14.7. The lowest BCUT2D eigenvalue weighted by molar-refractivity contribution is -0.140. The van der Waals surface area contributed by atoms with Crippen molar-refractivity contribution in [3.05, 3.63) is 87.5 Å². The smallest absolute Gasteiger partial charge is 0.322 e. The topological polar surface area (TPSA) is 79.3 Å². The first-order valence-corrected chi connectivity index (χ1v) is 9.33. The van der Waals surface area contributed by atoms with Crippen molar-refractivity contribution in [2.75, 3.05) is 5.32 Å². The maximum absolute atomic E-state index is 13.7. The van der Waals surface area contributed by atoms with Gasteiger partial charge in [-0.1, -0.05) is 48.0 Å². The Balaban J connectivity index is 1.90. The van der Waals surface area contributed by atoms with Gasteiger partial charge in [-0.05, 0) is 31.5 Å². The Bertz CT molecular complexity index is 1340. The van der Waals surface area contributed by atoms with Crippen LogP contribution in [0.25, 0.3) is 16.8 Å². The molecule has 0 atom stereocenters. The summed E-state index contributed by atoms with van der Waals surface area (Å²) < 4.78 is 41.9. The maximum Gasteiger partial charge on any atom is 0.433 e. The minimum Gasteiger partial charge on any atom is -0.322 e. The second-order valence-corrected chi connectivity index (χ2v) is 7.08. The van der Waals surface area contributed by atoms with E-state index in [1.807, 2.05) is 6.92 Å². The summed E-state index contributed by atoms with van der Waals surface area (Å²) >= 11 is 0. The predicted octanol–water partition coefficient (Wildman–Crippen LogP) is 4.58. The van der Waals surface area contributed by atoms with E-state index < -0.39 is 23.3 Å². The second kappa shape index (κ2) is 7.42. The molecule has 9 heteroatoms. The number of aromatic nitrogens is 3. The molecule has 2 aromatic heterocycles. The van der Waals surface area contributed by atoms with Crippen LogP contribution in [0.1, 0.15) is 27.3 Å². The Morgan fingerprint density at radius 2 is 1.68 bits per heavy atom. The molecule has 4 rings (SSSR count). The minimum atomic E-state index is -4.76. The summed E-state index contributed by atoms with van der Waals surface area (Å²) in [5, 5.41) is 4.69. The number of anilines is 1. The molecule has 2 heterocycles. The predicted molar refractivity (Wildman–Crippen MR) is 110 cm³/mol. The third-order valence-electron chi connectivity index (χ3n) is 4.84. The van der Waals surface area contributed by atoms with E-state index in [1.54, 1.807) is 42.5 Å². The molecule has 0 bridgehead atoms. The van der Waals surface area contributed by atoms with Crippen LogP contribution >= 0.6 is 0 Å². The zero-order valence-electron chi connectivity index (χ0n) is 16.5. The third-order valence-corrected chi connectivity index (χ3v) is 4.84. The Labute approximate surface area is 174 Å². The monoisotopic (exact) mass is 426 g/mol. The minimum absolute atomic E-state index is 0.0273. The van der Waals surface area contributed by atoms with Gasteiger partial charge in [0.2, 0.25) is 0 Å². The molecule has 0 spiro atoms. The number of halogens is 3. The van der Waals surface area contributed by atoms with Crippen molar-refractivity contribution in [1.29, 1.82) is 0 Å². The van der Waals surface area contributed by atoms with Crippen molar-refractivity contribution in [3.63, 3.8) is 0 Å². The number of alkyl halides is 3. The average Bonchev–Trinajstić information content (AvgIpc) is 3.10. The molecule has 0 saturated carbocycles. The van der Waals surface area contributed by atoms with E-state index in [1.165, 1.54) is 19.1 Å². The normalized spacial score (nSPS) is 11.6. The van der Waals surface area contributed by atoms with Gasteiger partial charge < -0.3 is 5.32 Å². The largest absolute Gasteiger partial charge is 0.433 e. The van der Waals surface area contributed by atoms with E-state index in [-0.39, 0.29) is 28.0 Å². The zero-order valence-corrected chi connectivity index (χ0v) is 16.5. The molecule has 0 aliphatic carbocycles. The van der Waals surface area contributed by atoms with E-state index >= 15 is 0 Å². The molecule has 6 nitrogen and oxygen atoms in total. The van der Waals surface area contributed by atoms with Crippen LogP contribution in [0.15, 0.2) is 59.4 Å². The van der Waals surface area contributed by atoms with Crippen LogP contribution in [0.4, 0.5) is 18.9 Å². The number of amides is 1. The number of H-pyrrole nitrogens is 1. The van der Waals surface area contributed by atoms with Gasteiger partial charge in [0.25, 0.3) is 11.5 Å². The number of carbonyl (C=O) groups excluding carboxylic acids is 1. The summed E-state index contributed by atoms with van der Waals surface area (Å²) in [6.07, 6.45) is -4.76. The molecular weight excluding hydrogens is 409 g/mol. The number of aryl methyl sites for hydroxylation is 2. The Kier molecular flexibility index (Phi) is 4.88. The summed E-state index contributed by atoms with van der Waals surface area (Å²) in [6, 6.07) is 14.7. The molecule has 0 aliphatic rings. The fourth-order valence-electron chi connectivity index (χ4n) is 3.35. The molecule has 1 amide bonds. The van der Waals surface area contributed by atoms with Crippen molar-refractivity contribution < 1.29 is 18.0 Å². The van der Waals surface area contributed by atoms with E-state index in [2.05, 4.69) is 15.4 Å². The number of rotatable bonds is 3. The van der Waals surface area contributed by atoms with Gasteiger partial charge in [0.05, 0.1) is 11.3 Å². The fourth-order valence-corrected chi connectivity index (χ4v) is 3.35. The van der Waals surface area contributed by atoms with Crippen LogP contribution in [0.2, 0.25) is 0 Å². The second-order valence-electron chi connectivity index (χ2n) is 7.08. The number of fused-ring (bicyclic) bond motifs is 1. The van der Waals surface area contributed by atoms with Crippen molar-refractivity contribution in [2.24, 2.45) is 0 Å². The summed E-state index contributed by atoms with van der Waals surface area (Å²) in [5.41, 5.74) is -1.11. The lowest BCUT2D eigenvalue weighted by Crippen LogP contribution is -2.29. The van der Waals surface area contributed by atoms with Gasteiger partial charge in [0, 0.05) is 5.69 Å². The van der Waals surface area contributed by atoms with Gasteiger partial charge in [0.1, 0.15) is 11.3 Å². The molecule has 2 N–H and O–H groups in total. The number of nitrogens with zero attached hydrogens (tertiary/aromatic N) is 2. The lowest BCUT2D eigenvalue weighted by Gasteiger charge is -2.08. The highest BCUT2D eigenvalue weighted by Crippen LogP contribution is 2.38. The van der Waals surface area contributed by atoms with Gasteiger partial charge >= 0.3 is 6.18 Å². The number of nitrogens with one attached hydrogen (secondary N) is 2. The first-order valence-electron chi connectivity index (χ1n) is 9.33. The van der Waals surface area contributed by atoms with Crippen molar-refractivity contribution >= 4 is 17.2 Å². The molecule has 0 aliphatic heterocycles. The van der Waals surface area contributed by atoms with Gasteiger partial charge in [-0.25, -0.2) is 4.98 Å². The molecule has 0 unspecified atom stereocenters. The molecule has 4 aromatic rings. The molecule has 31 heavy (non-hydrogen) atoms. The number of carbonyl (C=O) groups is 1. The quantitative estimate of drug-likeness (QED) is 0.503. The number of hydrogen-bond donors (Lipinski definition) is 2. The van der Waals surface area contributed by atoms with Crippen LogP contribution in [0.3, 0.4) is 0 Å². The van der Waals surface area contributed by atoms with Crippen LogP contribution < -0.4 is 10.9 Å². The van der Waals surface area contributed by atoms with Crippen LogP contribution in [-0.2, 0) is 6.18 Å². The van der Waals surface area contributed by atoms with Crippen LogP contribution in [0.5, 0.6) is 0 Å². The molecule has 0 fully saturated rings. The van der Waals surface area contributed by atoms with Gasteiger partial charge in [0.15, 0.2) is 5.65 Å². The molecule has 0 radical (unpaired) electrons. The molecule has 158 valence electrons. The van der Waals surface area contributed by atoms with Gasteiger partial charge in [-0.15, -0.1) is 0 Å². The van der Waals surface area contributed by atoms with Crippen LogP contribution in [0, 0.1) is 13.8 Å². The van der Waals surface area contributed by atoms with E-state index in [4.69, 9.17) is 0 Å². The van der Waals surface area contributed by atoms with E-state index in [9.17, 15) is 22.8 Å². The fraction of sp³-hybridized carbons (Fsp3) is 0.136. The maximum atomic E-state index is 13.7. The highest BCUT2D eigenvalue weighted by Gasteiger charge is 2.38. The standard InChI is InChI=1S/C22H17F3N4O2/c1-12-8-10-15(11-9-12)27-20(30)16-13(2)26-19-17(14-6-4-3-5-7-14)18(22(23,24)25)28-29(19)21(16)31/h3-11,28H,1-2H3,(H,27,30). The first kappa shape index (κ1) is 20.4. The summed E-state index contributed by atoms with van der Waals surface area (Å²) in [6.45, 7) is 3.30. The highest BCUT2D eigenvalue weighted by molar-refractivity contribution is 6.05. The number of benzene rings is 2. The number of hydrogen-bond acceptors (Lipinski definition) is 3.